The lowest BCUT2D eigenvalue weighted by atomic mass is 9.71. The van der Waals surface area contributed by atoms with Gasteiger partial charge in [0.25, 0.3) is 5.56 Å². The fourth-order valence-corrected chi connectivity index (χ4v) is 5.39. The Bertz CT molecular complexity index is 1130. The van der Waals surface area contributed by atoms with Gasteiger partial charge in [-0.05, 0) is 61.6 Å². The molecule has 1 aliphatic heterocycles. The molecule has 0 radical (unpaired) electrons. The first-order valence-corrected chi connectivity index (χ1v) is 11.6. The molecule has 1 saturated carbocycles. The first-order valence-electron chi connectivity index (χ1n) is 11.6. The quantitative estimate of drug-likeness (QED) is 0.695. The second kappa shape index (κ2) is 8.38. The summed E-state index contributed by atoms with van der Waals surface area (Å²) in [4.78, 5) is 28.8. The van der Waals surface area contributed by atoms with Crippen LogP contribution in [0, 0.1) is 24.1 Å². The minimum Gasteiger partial charge on any atom is -0.364 e. The maximum atomic E-state index is 13.4. The van der Waals surface area contributed by atoms with Crippen molar-refractivity contribution in [1.82, 2.24) is 14.0 Å². The van der Waals surface area contributed by atoms with E-state index in [4.69, 9.17) is 0 Å². The third-order valence-electron chi connectivity index (χ3n) is 7.42. The van der Waals surface area contributed by atoms with Gasteiger partial charge in [-0.3, -0.25) is 13.9 Å². The molecule has 172 valence electrons. The molecule has 1 aromatic carbocycles. The molecule has 0 bridgehead atoms. The summed E-state index contributed by atoms with van der Waals surface area (Å²) in [7, 11) is 0. The predicted octanol–water partition coefficient (Wildman–Crippen LogP) is 4.72. The van der Waals surface area contributed by atoms with Crippen LogP contribution in [0.5, 0.6) is 0 Å². The average molecular weight is 440 g/mol. The smallest absolute Gasteiger partial charge is 0.331 e. The summed E-state index contributed by atoms with van der Waals surface area (Å²) < 4.78 is 16.5. The fraction of sp³-hybridized carbons (Fsp3) is 0.538. The SMILES string of the molecule is C=C1c2c(C)c(=O)n(C3CCC(C(C)(C)C)CC3)c(=O)n2CCN1Cc1ccc(F)cc1. The highest BCUT2D eigenvalue weighted by molar-refractivity contribution is 5.62. The normalized spacial score (nSPS) is 21.5. The van der Waals surface area contributed by atoms with Crippen LogP contribution in [0.15, 0.2) is 40.4 Å². The van der Waals surface area contributed by atoms with Gasteiger partial charge >= 0.3 is 5.69 Å². The Kier molecular flexibility index (Phi) is 5.91. The van der Waals surface area contributed by atoms with Crippen LogP contribution in [0.3, 0.4) is 0 Å². The molecular weight excluding hydrogens is 405 g/mol. The number of nitrogens with zero attached hydrogens (tertiary/aromatic N) is 3. The number of fused-ring (bicyclic) bond motifs is 1. The maximum Gasteiger partial charge on any atom is 0.331 e. The lowest BCUT2D eigenvalue weighted by molar-refractivity contribution is 0.148. The van der Waals surface area contributed by atoms with E-state index in [1.165, 1.54) is 16.7 Å². The van der Waals surface area contributed by atoms with Gasteiger partial charge in [-0.2, -0.15) is 0 Å². The van der Waals surface area contributed by atoms with Gasteiger partial charge in [0.15, 0.2) is 0 Å². The van der Waals surface area contributed by atoms with E-state index in [-0.39, 0.29) is 28.5 Å². The van der Waals surface area contributed by atoms with E-state index in [1.54, 1.807) is 23.6 Å². The zero-order chi connectivity index (χ0) is 23.2. The molecule has 0 saturated heterocycles. The minimum absolute atomic E-state index is 0.0318. The lowest BCUT2D eigenvalue weighted by Crippen LogP contribution is -2.49. The summed E-state index contributed by atoms with van der Waals surface area (Å²) in [5, 5.41) is 0. The molecule has 0 atom stereocenters. The van der Waals surface area contributed by atoms with Gasteiger partial charge in [0.2, 0.25) is 0 Å². The highest BCUT2D eigenvalue weighted by Crippen LogP contribution is 2.40. The summed E-state index contributed by atoms with van der Waals surface area (Å²) >= 11 is 0. The van der Waals surface area contributed by atoms with Crippen LogP contribution in [-0.2, 0) is 13.1 Å². The summed E-state index contributed by atoms with van der Waals surface area (Å²) in [5.74, 6) is 0.353. The van der Waals surface area contributed by atoms with Crippen LogP contribution >= 0.6 is 0 Å². The first-order chi connectivity index (χ1) is 15.1. The van der Waals surface area contributed by atoms with Gasteiger partial charge in [0.05, 0.1) is 11.4 Å². The van der Waals surface area contributed by atoms with E-state index < -0.39 is 0 Å². The molecule has 32 heavy (non-hydrogen) atoms. The van der Waals surface area contributed by atoms with Crippen molar-refractivity contribution in [1.29, 1.82) is 0 Å². The van der Waals surface area contributed by atoms with Crippen LogP contribution in [0.25, 0.3) is 5.70 Å². The Morgan fingerprint density at radius 1 is 1.03 bits per heavy atom. The Morgan fingerprint density at radius 3 is 2.25 bits per heavy atom. The molecular formula is C26H34FN3O2. The number of halogens is 1. The standard InChI is InChI=1S/C26H34FN3O2/c1-17-23-18(2)28(16-19-6-10-21(27)11-7-19)14-15-29(23)25(32)30(24(17)31)22-12-8-20(9-13-22)26(3,4)5/h6-7,10-11,20,22H,2,8-9,12-16H2,1,3-5H3. The zero-order valence-electron chi connectivity index (χ0n) is 19.7. The van der Waals surface area contributed by atoms with Crippen LogP contribution in [-0.4, -0.2) is 20.6 Å². The lowest BCUT2D eigenvalue weighted by Gasteiger charge is -2.38. The third-order valence-corrected chi connectivity index (χ3v) is 7.42. The van der Waals surface area contributed by atoms with E-state index in [0.717, 1.165) is 31.2 Å². The molecule has 2 aromatic rings. The predicted molar refractivity (Wildman–Crippen MR) is 126 cm³/mol. The van der Waals surface area contributed by atoms with E-state index in [9.17, 15) is 14.0 Å². The van der Waals surface area contributed by atoms with E-state index >= 15 is 0 Å². The fourth-order valence-electron chi connectivity index (χ4n) is 5.39. The molecule has 1 fully saturated rings. The second-order valence-electron chi connectivity index (χ2n) is 10.4. The molecule has 5 nitrogen and oxygen atoms in total. The number of rotatable bonds is 3. The van der Waals surface area contributed by atoms with Crippen LogP contribution < -0.4 is 11.2 Å². The molecule has 2 aliphatic rings. The monoisotopic (exact) mass is 439 g/mol. The Morgan fingerprint density at radius 2 is 1.66 bits per heavy atom. The van der Waals surface area contributed by atoms with Crippen molar-refractivity contribution >= 4 is 5.70 Å². The number of hydrogen-bond acceptors (Lipinski definition) is 3. The molecule has 1 aromatic heterocycles. The zero-order valence-corrected chi connectivity index (χ0v) is 19.7. The molecule has 0 unspecified atom stereocenters. The van der Waals surface area contributed by atoms with E-state index in [1.807, 2.05) is 0 Å². The third kappa shape index (κ3) is 4.07. The largest absolute Gasteiger partial charge is 0.364 e. The Hall–Kier alpha value is -2.63. The minimum atomic E-state index is -0.268. The van der Waals surface area contributed by atoms with Crippen LogP contribution in [0.1, 0.15) is 69.3 Å². The maximum absolute atomic E-state index is 13.4. The van der Waals surface area contributed by atoms with Crippen LogP contribution in [0.4, 0.5) is 4.39 Å². The Balaban J connectivity index is 1.62. The van der Waals surface area contributed by atoms with Gasteiger partial charge in [-0.15, -0.1) is 0 Å². The van der Waals surface area contributed by atoms with Gasteiger partial charge < -0.3 is 4.90 Å². The molecule has 0 amide bonds. The summed E-state index contributed by atoms with van der Waals surface area (Å²) in [6.07, 6.45) is 3.82. The van der Waals surface area contributed by atoms with E-state index in [0.29, 0.717) is 42.5 Å². The summed E-state index contributed by atoms with van der Waals surface area (Å²) in [5.41, 5.74) is 2.70. The summed E-state index contributed by atoms with van der Waals surface area (Å²) in [6.45, 7) is 14.5. The number of hydrogen-bond donors (Lipinski definition) is 0. The van der Waals surface area contributed by atoms with Crippen molar-refractivity contribution in [3.8, 4) is 0 Å². The van der Waals surface area contributed by atoms with Crippen molar-refractivity contribution in [2.45, 2.75) is 72.5 Å². The Labute approximate surface area is 189 Å². The second-order valence-corrected chi connectivity index (χ2v) is 10.4. The van der Waals surface area contributed by atoms with Gasteiger partial charge in [-0.25, -0.2) is 9.18 Å². The molecule has 2 heterocycles. The summed E-state index contributed by atoms with van der Waals surface area (Å²) in [6, 6.07) is 6.36. The molecule has 4 rings (SSSR count). The number of benzene rings is 1. The molecule has 0 spiro atoms. The average Bonchev–Trinajstić information content (AvgIpc) is 2.75. The van der Waals surface area contributed by atoms with Crippen molar-refractivity contribution in [3.05, 3.63) is 74.3 Å². The number of aromatic nitrogens is 2. The highest BCUT2D eigenvalue weighted by atomic mass is 19.1. The van der Waals surface area contributed by atoms with E-state index in [2.05, 4.69) is 32.3 Å². The topological polar surface area (TPSA) is 47.2 Å². The first kappa shape index (κ1) is 22.6. The molecule has 6 heteroatoms. The van der Waals surface area contributed by atoms with Gasteiger partial charge in [0.1, 0.15) is 5.82 Å². The highest BCUT2D eigenvalue weighted by Gasteiger charge is 2.33. The van der Waals surface area contributed by atoms with Crippen molar-refractivity contribution in [2.75, 3.05) is 6.54 Å². The molecule has 1 aliphatic carbocycles. The van der Waals surface area contributed by atoms with Crippen molar-refractivity contribution < 1.29 is 4.39 Å². The van der Waals surface area contributed by atoms with Gasteiger partial charge in [0, 0.05) is 31.2 Å². The van der Waals surface area contributed by atoms with Crippen molar-refractivity contribution in [2.24, 2.45) is 11.3 Å². The van der Waals surface area contributed by atoms with Gasteiger partial charge in [-0.1, -0.05) is 39.5 Å². The van der Waals surface area contributed by atoms with Crippen LogP contribution in [0.2, 0.25) is 0 Å². The molecule has 0 N–H and O–H groups in total. The van der Waals surface area contributed by atoms with Crippen molar-refractivity contribution in [3.63, 3.8) is 0 Å².